The van der Waals surface area contributed by atoms with Crippen LogP contribution in [0, 0.1) is 11.3 Å². The Morgan fingerprint density at radius 2 is 1.69 bits per heavy atom. The maximum absolute atomic E-state index is 5.96. The Kier molecular flexibility index (Phi) is 7.26. The maximum Gasteiger partial charge on any atom is 0.119 e. The van der Waals surface area contributed by atoms with E-state index in [0.29, 0.717) is 23.4 Å². The molecule has 3 aromatic rings. The van der Waals surface area contributed by atoms with E-state index in [2.05, 4.69) is 99.7 Å². The van der Waals surface area contributed by atoms with E-state index < -0.39 is 0 Å². The molecule has 0 amide bonds. The van der Waals surface area contributed by atoms with Gasteiger partial charge in [0.05, 0.1) is 0 Å². The van der Waals surface area contributed by atoms with Crippen molar-refractivity contribution in [2.45, 2.75) is 84.3 Å². The van der Waals surface area contributed by atoms with Crippen molar-refractivity contribution >= 4 is 0 Å². The van der Waals surface area contributed by atoms with Gasteiger partial charge in [-0.3, -0.25) is 0 Å². The van der Waals surface area contributed by atoms with Gasteiger partial charge in [-0.1, -0.05) is 94.8 Å². The summed E-state index contributed by atoms with van der Waals surface area (Å²) in [4.78, 5) is 0. The number of ether oxygens (including phenoxy) is 1. The first kappa shape index (κ1) is 25.1. The fourth-order valence-electron chi connectivity index (χ4n) is 7.15. The maximum atomic E-state index is 5.96. The lowest BCUT2D eigenvalue weighted by atomic mass is 9.49. The molecule has 0 unspecified atom stereocenters. The lowest BCUT2D eigenvalue weighted by molar-refractivity contribution is 0.0257. The monoisotopic (exact) mass is 481 g/mol. The van der Waals surface area contributed by atoms with E-state index in [-0.39, 0.29) is 0 Å². The summed E-state index contributed by atoms with van der Waals surface area (Å²) >= 11 is 0. The Morgan fingerprint density at radius 1 is 0.917 bits per heavy atom. The van der Waals surface area contributed by atoms with Crippen LogP contribution in [0.5, 0.6) is 5.75 Å². The average Bonchev–Trinajstić information content (AvgIpc) is 2.88. The van der Waals surface area contributed by atoms with E-state index in [0.717, 1.165) is 24.8 Å². The third kappa shape index (κ3) is 5.11. The van der Waals surface area contributed by atoms with Gasteiger partial charge in [-0.15, -0.1) is 0 Å². The largest absolute Gasteiger partial charge is 0.489 e. The highest BCUT2D eigenvalue weighted by atomic mass is 16.5. The predicted molar refractivity (Wildman–Crippen MR) is 151 cm³/mol. The van der Waals surface area contributed by atoms with E-state index in [1.54, 1.807) is 11.1 Å². The van der Waals surface area contributed by atoms with Crippen LogP contribution in [0.4, 0.5) is 0 Å². The molecule has 0 aromatic heterocycles. The lowest BCUT2D eigenvalue weighted by Gasteiger charge is -2.55. The number of benzene rings is 3. The van der Waals surface area contributed by atoms with Crippen molar-refractivity contribution in [1.29, 1.82) is 0 Å². The van der Waals surface area contributed by atoms with Crippen molar-refractivity contribution in [1.82, 2.24) is 5.32 Å². The van der Waals surface area contributed by atoms with Crippen LogP contribution in [0.25, 0.3) is 0 Å². The second-order valence-electron chi connectivity index (χ2n) is 12.1. The molecule has 0 heterocycles. The van der Waals surface area contributed by atoms with Crippen LogP contribution in [0.1, 0.15) is 87.1 Å². The number of hydrogen-bond acceptors (Lipinski definition) is 2. The molecule has 0 saturated heterocycles. The zero-order valence-electron chi connectivity index (χ0n) is 22.6. The Morgan fingerprint density at radius 3 is 2.44 bits per heavy atom. The molecule has 0 spiro atoms. The van der Waals surface area contributed by atoms with Gasteiger partial charge in [0.15, 0.2) is 0 Å². The fourth-order valence-corrected chi connectivity index (χ4v) is 7.15. The van der Waals surface area contributed by atoms with Gasteiger partial charge < -0.3 is 10.1 Å². The van der Waals surface area contributed by atoms with Gasteiger partial charge in [0.25, 0.3) is 0 Å². The summed E-state index contributed by atoms with van der Waals surface area (Å²) in [6.07, 6.45) is 6.52. The van der Waals surface area contributed by atoms with Crippen molar-refractivity contribution in [3.8, 4) is 5.75 Å². The number of fused-ring (bicyclic) bond motifs is 3. The Hall–Kier alpha value is -2.58. The van der Waals surface area contributed by atoms with Crippen molar-refractivity contribution in [2.24, 2.45) is 11.3 Å². The Labute approximate surface area is 218 Å². The molecule has 190 valence electrons. The minimum atomic E-state index is 0.301. The molecule has 2 aliphatic rings. The highest BCUT2D eigenvalue weighted by Gasteiger charge is 2.51. The van der Waals surface area contributed by atoms with Crippen molar-refractivity contribution < 1.29 is 4.74 Å². The number of hydrogen-bond donors (Lipinski definition) is 1. The summed E-state index contributed by atoms with van der Waals surface area (Å²) in [6, 6.07) is 26.3. The van der Waals surface area contributed by atoms with E-state index in [1.165, 1.54) is 48.8 Å². The first-order valence-corrected chi connectivity index (χ1v) is 14.0. The standard InChI is InChI=1S/C34H43NO/c1-25(2)28-13-17-31-29(21-28)14-18-32-33(3,19-8-20-34(31,32)4)24-35-22-26-11-15-30(16-12-26)36-23-27-9-6-5-7-10-27/h5-7,9-13,15-17,21,25,32,35H,8,14,18-20,22-24H2,1-4H3/t32-,33+,34-/m1/s1. The molecular formula is C34H43NO. The zero-order chi connectivity index (χ0) is 25.2. The normalized spacial score (nSPS) is 25.3. The second kappa shape index (κ2) is 10.4. The molecule has 1 fully saturated rings. The zero-order valence-corrected chi connectivity index (χ0v) is 22.6. The van der Waals surface area contributed by atoms with Crippen LogP contribution in [-0.4, -0.2) is 6.54 Å². The quantitative estimate of drug-likeness (QED) is 0.350. The van der Waals surface area contributed by atoms with Crippen molar-refractivity contribution in [3.05, 3.63) is 101 Å². The molecule has 1 saturated carbocycles. The van der Waals surface area contributed by atoms with Crippen molar-refractivity contribution in [3.63, 3.8) is 0 Å². The molecule has 0 aliphatic heterocycles. The van der Waals surface area contributed by atoms with Gasteiger partial charge in [-0.05, 0) is 88.3 Å². The molecule has 0 bridgehead atoms. The van der Waals surface area contributed by atoms with Gasteiger partial charge in [0.1, 0.15) is 12.4 Å². The minimum Gasteiger partial charge on any atom is -0.489 e. The molecule has 2 heteroatoms. The third-order valence-electron chi connectivity index (χ3n) is 9.20. The lowest BCUT2D eigenvalue weighted by Crippen LogP contribution is -2.52. The predicted octanol–water partition coefficient (Wildman–Crippen LogP) is 8.19. The van der Waals surface area contributed by atoms with Crippen LogP contribution in [0.2, 0.25) is 0 Å². The molecule has 3 aromatic carbocycles. The number of rotatable bonds is 8. The summed E-state index contributed by atoms with van der Waals surface area (Å²) in [5.74, 6) is 2.27. The number of nitrogens with one attached hydrogen (secondary N) is 1. The minimum absolute atomic E-state index is 0.301. The molecule has 2 aliphatic carbocycles. The van der Waals surface area contributed by atoms with Crippen LogP contribution in [-0.2, 0) is 25.0 Å². The number of aryl methyl sites for hydroxylation is 1. The van der Waals surface area contributed by atoms with Gasteiger partial charge in [0.2, 0.25) is 0 Å². The van der Waals surface area contributed by atoms with Gasteiger partial charge in [-0.2, -0.15) is 0 Å². The smallest absolute Gasteiger partial charge is 0.119 e. The van der Waals surface area contributed by atoms with E-state index in [9.17, 15) is 0 Å². The van der Waals surface area contributed by atoms with E-state index in [1.807, 2.05) is 6.07 Å². The molecule has 36 heavy (non-hydrogen) atoms. The van der Waals surface area contributed by atoms with Gasteiger partial charge >= 0.3 is 0 Å². The third-order valence-corrected chi connectivity index (χ3v) is 9.20. The van der Waals surface area contributed by atoms with Crippen LogP contribution in [0.3, 0.4) is 0 Å². The summed E-state index contributed by atoms with van der Waals surface area (Å²) in [5.41, 5.74) is 7.90. The van der Waals surface area contributed by atoms with Gasteiger partial charge in [-0.25, -0.2) is 0 Å². The topological polar surface area (TPSA) is 21.3 Å². The first-order chi connectivity index (χ1) is 17.4. The molecule has 5 rings (SSSR count). The van der Waals surface area contributed by atoms with Crippen LogP contribution >= 0.6 is 0 Å². The van der Waals surface area contributed by atoms with E-state index >= 15 is 0 Å². The van der Waals surface area contributed by atoms with Crippen LogP contribution in [0.15, 0.2) is 72.8 Å². The van der Waals surface area contributed by atoms with Crippen molar-refractivity contribution in [2.75, 3.05) is 6.54 Å². The summed E-state index contributed by atoms with van der Waals surface area (Å²) in [5, 5.41) is 3.85. The van der Waals surface area contributed by atoms with Gasteiger partial charge in [0, 0.05) is 13.1 Å². The molecular weight excluding hydrogens is 438 g/mol. The molecule has 3 atom stereocenters. The summed E-state index contributed by atoms with van der Waals surface area (Å²) in [6.45, 7) is 12.3. The molecule has 0 radical (unpaired) electrons. The molecule has 1 N–H and O–H groups in total. The summed E-state index contributed by atoms with van der Waals surface area (Å²) in [7, 11) is 0. The SMILES string of the molecule is CC(C)c1ccc2c(c1)CC[C@@H]1[C@](C)(CNCc3ccc(OCc4ccccc4)cc3)CCC[C@]21C. The van der Waals surface area contributed by atoms with Crippen LogP contribution < -0.4 is 10.1 Å². The van der Waals surface area contributed by atoms with E-state index in [4.69, 9.17) is 4.74 Å². The first-order valence-electron chi connectivity index (χ1n) is 14.0. The second-order valence-corrected chi connectivity index (χ2v) is 12.1. The highest BCUT2D eigenvalue weighted by Crippen LogP contribution is 2.57. The highest BCUT2D eigenvalue weighted by molar-refractivity contribution is 5.42. The fraction of sp³-hybridized carbons (Fsp3) is 0.471. The average molecular weight is 482 g/mol. The summed E-state index contributed by atoms with van der Waals surface area (Å²) < 4.78 is 5.96. The Balaban J connectivity index is 1.20. The Bertz CT molecular complexity index is 1150. The molecule has 2 nitrogen and oxygen atoms in total.